The molecule has 142 valence electrons. The molecule has 0 saturated heterocycles. The molecule has 0 bridgehead atoms. The van der Waals surface area contributed by atoms with Crippen molar-refractivity contribution in [3.63, 3.8) is 0 Å². The molecule has 0 fully saturated rings. The van der Waals surface area contributed by atoms with Gasteiger partial charge in [-0.05, 0) is 24.3 Å². The van der Waals surface area contributed by atoms with E-state index in [1.807, 2.05) is 0 Å². The number of carbonyl (C=O) groups excluding carboxylic acids is 2. The summed E-state index contributed by atoms with van der Waals surface area (Å²) in [4.78, 5) is 36.2. The number of benzene rings is 2. The minimum atomic E-state index is -0.561. The first-order valence-electron chi connectivity index (χ1n) is 7.95. The fraction of sp³-hybridized carbons (Fsp3) is 0.222. The number of methoxy groups -OCH3 is 1. The van der Waals surface area contributed by atoms with Gasteiger partial charge < -0.3 is 20.3 Å². The molecule has 0 aliphatic carbocycles. The molecule has 0 spiro atoms. The van der Waals surface area contributed by atoms with Gasteiger partial charge in [-0.15, -0.1) is 0 Å². The van der Waals surface area contributed by atoms with Crippen molar-refractivity contribution in [2.75, 3.05) is 36.7 Å². The number of amides is 2. The lowest BCUT2D eigenvalue weighted by atomic mass is 10.1. The van der Waals surface area contributed by atoms with Crippen molar-refractivity contribution in [1.82, 2.24) is 0 Å². The van der Waals surface area contributed by atoms with Gasteiger partial charge in [0.25, 0.3) is 11.6 Å². The van der Waals surface area contributed by atoms with Crippen LogP contribution in [0.1, 0.15) is 17.3 Å². The fourth-order valence-corrected chi connectivity index (χ4v) is 2.49. The summed E-state index contributed by atoms with van der Waals surface area (Å²) in [6.45, 7) is 1.37. The van der Waals surface area contributed by atoms with Crippen LogP contribution in [0.3, 0.4) is 0 Å². The number of anilines is 3. The van der Waals surface area contributed by atoms with Crippen LogP contribution in [0.2, 0.25) is 0 Å². The van der Waals surface area contributed by atoms with Gasteiger partial charge in [-0.25, -0.2) is 0 Å². The Bertz CT molecular complexity index is 895. The van der Waals surface area contributed by atoms with Crippen LogP contribution in [-0.4, -0.2) is 37.9 Å². The quantitative estimate of drug-likeness (QED) is 0.595. The average Bonchev–Trinajstić information content (AvgIpc) is 2.60. The number of nitro benzene ring substituents is 1. The Morgan fingerprint density at radius 2 is 1.81 bits per heavy atom. The molecular weight excluding hydrogens is 352 g/mol. The highest BCUT2D eigenvalue weighted by molar-refractivity contribution is 6.09. The summed E-state index contributed by atoms with van der Waals surface area (Å²) in [5, 5.41) is 16.4. The summed E-state index contributed by atoms with van der Waals surface area (Å²) in [5.74, 6) is -0.416. The number of nitro groups is 1. The zero-order valence-electron chi connectivity index (χ0n) is 15.4. The van der Waals surface area contributed by atoms with Gasteiger partial charge in [0.1, 0.15) is 5.75 Å². The molecule has 0 heterocycles. The van der Waals surface area contributed by atoms with Gasteiger partial charge in [-0.2, -0.15) is 0 Å². The molecular formula is C18H20N4O5. The maximum atomic E-state index is 12.8. The summed E-state index contributed by atoms with van der Waals surface area (Å²) < 4.78 is 5.24. The molecule has 0 atom stereocenters. The van der Waals surface area contributed by atoms with Crippen LogP contribution < -0.4 is 20.3 Å². The molecule has 0 aliphatic heterocycles. The second-order valence-electron chi connectivity index (χ2n) is 5.90. The Morgan fingerprint density at radius 3 is 2.37 bits per heavy atom. The van der Waals surface area contributed by atoms with E-state index in [-0.39, 0.29) is 17.2 Å². The van der Waals surface area contributed by atoms with Crippen LogP contribution in [0.25, 0.3) is 0 Å². The van der Waals surface area contributed by atoms with Gasteiger partial charge in [0.05, 0.1) is 23.3 Å². The summed E-state index contributed by atoms with van der Waals surface area (Å²) in [5.41, 5.74) is 1.27. The van der Waals surface area contributed by atoms with Crippen LogP contribution >= 0.6 is 0 Å². The SMILES string of the molecule is COc1ccc(NC(C)=O)cc1NC(=O)c1cc([N+](=O)[O-])ccc1N(C)C. The molecule has 0 unspecified atom stereocenters. The van der Waals surface area contributed by atoms with Crippen LogP contribution in [0.4, 0.5) is 22.7 Å². The molecule has 27 heavy (non-hydrogen) atoms. The van der Waals surface area contributed by atoms with E-state index in [1.54, 1.807) is 37.2 Å². The predicted octanol–water partition coefficient (Wildman–Crippen LogP) is 2.88. The van der Waals surface area contributed by atoms with E-state index in [4.69, 9.17) is 4.74 Å². The van der Waals surface area contributed by atoms with Gasteiger partial charge in [0.2, 0.25) is 5.91 Å². The van der Waals surface area contributed by atoms with Gasteiger partial charge >= 0.3 is 0 Å². The number of ether oxygens (including phenoxy) is 1. The molecule has 9 heteroatoms. The van der Waals surface area contributed by atoms with Crippen molar-refractivity contribution in [1.29, 1.82) is 0 Å². The van der Waals surface area contributed by atoms with Gasteiger partial charge in [-0.1, -0.05) is 0 Å². The predicted molar refractivity (Wildman–Crippen MR) is 103 cm³/mol. The Hall–Kier alpha value is -3.62. The van der Waals surface area contributed by atoms with E-state index < -0.39 is 10.8 Å². The first-order valence-corrected chi connectivity index (χ1v) is 7.95. The normalized spacial score (nSPS) is 10.1. The maximum Gasteiger partial charge on any atom is 0.270 e. The third kappa shape index (κ3) is 4.72. The monoisotopic (exact) mass is 372 g/mol. The number of nitrogens with one attached hydrogen (secondary N) is 2. The first-order chi connectivity index (χ1) is 12.7. The lowest BCUT2D eigenvalue weighted by molar-refractivity contribution is -0.384. The summed E-state index contributed by atoms with van der Waals surface area (Å²) >= 11 is 0. The van der Waals surface area contributed by atoms with Crippen LogP contribution in [0, 0.1) is 10.1 Å². The van der Waals surface area contributed by atoms with E-state index in [0.29, 0.717) is 22.8 Å². The largest absolute Gasteiger partial charge is 0.495 e. The molecule has 2 aromatic carbocycles. The lowest BCUT2D eigenvalue weighted by Gasteiger charge is -2.18. The fourth-order valence-electron chi connectivity index (χ4n) is 2.49. The summed E-state index contributed by atoms with van der Waals surface area (Å²) in [6.07, 6.45) is 0. The highest BCUT2D eigenvalue weighted by atomic mass is 16.6. The Morgan fingerprint density at radius 1 is 1.11 bits per heavy atom. The zero-order chi connectivity index (χ0) is 20.1. The lowest BCUT2D eigenvalue weighted by Crippen LogP contribution is -2.19. The molecule has 0 aliphatic rings. The van der Waals surface area contributed by atoms with E-state index in [2.05, 4.69) is 10.6 Å². The molecule has 0 aromatic heterocycles. The number of hydrogen-bond acceptors (Lipinski definition) is 6. The number of nitrogens with zero attached hydrogens (tertiary/aromatic N) is 2. The number of carbonyl (C=O) groups is 2. The maximum absolute atomic E-state index is 12.8. The van der Waals surface area contributed by atoms with Crippen LogP contribution in [0.15, 0.2) is 36.4 Å². The second kappa shape index (κ2) is 8.17. The summed E-state index contributed by atoms with van der Waals surface area (Å²) in [6, 6.07) is 8.84. The molecule has 2 amide bonds. The summed E-state index contributed by atoms with van der Waals surface area (Å²) in [7, 11) is 4.91. The van der Waals surface area contributed by atoms with E-state index in [0.717, 1.165) is 0 Å². The van der Waals surface area contributed by atoms with Crippen LogP contribution in [-0.2, 0) is 4.79 Å². The number of rotatable bonds is 6. The molecule has 2 N–H and O–H groups in total. The third-order valence-electron chi connectivity index (χ3n) is 3.69. The molecule has 2 rings (SSSR count). The number of hydrogen-bond donors (Lipinski definition) is 2. The van der Waals surface area contributed by atoms with Gasteiger partial charge in [0, 0.05) is 44.5 Å². The average molecular weight is 372 g/mol. The highest BCUT2D eigenvalue weighted by Gasteiger charge is 2.19. The Kier molecular flexibility index (Phi) is 5.96. The zero-order valence-corrected chi connectivity index (χ0v) is 15.4. The van der Waals surface area contributed by atoms with Crippen molar-refractivity contribution in [3.8, 4) is 5.75 Å². The van der Waals surface area contributed by atoms with Crippen molar-refractivity contribution in [2.24, 2.45) is 0 Å². The molecule has 0 saturated carbocycles. The van der Waals surface area contributed by atoms with Gasteiger partial charge in [0.15, 0.2) is 0 Å². The van der Waals surface area contributed by atoms with Gasteiger partial charge in [-0.3, -0.25) is 19.7 Å². The van der Waals surface area contributed by atoms with Crippen molar-refractivity contribution in [2.45, 2.75) is 6.92 Å². The first kappa shape index (κ1) is 19.7. The highest BCUT2D eigenvalue weighted by Crippen LogP contribution is 2.30. The molecule has 9 nitrogen and oxygen atoms in total. The Balaban J connectivity index is 2.43. The van der Waals surface area contributed by atoms with E-state index >= 15 is 0 Å². The van der Waals surface area contributed by atoms with Crippen molar-refractivity contribution < 1.29 is 19.2 Å². The minimum absolute atomic E-state index is 0.140. The van der Waals surface area contributed by atoms with E-state index in [9.17, 15) is 19.7 Å². The third-order valence-corrected chi connectivity index (χ3v) is 3.69. The van der Waals surface area contributed by atoms with Crippen molar-refractivity contribution in [3.05, 3.63) is 52.1 Å². The second-order valence-corrected chi connectivity index (χ2v) is 5.90. The Labute approximate surface area is 156 Å². The van der Waals surface area contributed by atoms with Crippen molar-refractivity contribution >= 4 is 34.6 Å². The van der Waals surface area contributed by atoms with E-state index in [1.165, 1.54) is 32.2 Å². The van der Waals surface area contributed by atoms with Crippen LogP contribution in [0.5, 0.6) is 5.75 Å². The topological polar surface area (TPSA) is 114 Å². The molecule has 2 aromatic rings. The molecule has 0 radical (unpaired) electrons. The number of non-ortho nitro benzene ring substituents is 1. The minimum Gasteiger partial charge on any atom is -0.495 e. The standard InChI is InChI=1S/C18H20N4O5/c1-11(23)19-12-5-8-17(27-4)15(9-12)20-18(24)14-10-13(22(25)26)6-7-16(14)21(2)3/h5-10H,1-4H3,(H,19,23)(H,20,24). The smallest absolute Gasteiger partial charge is 0.270 e.